The molecule has 1 saturated heterocycles. The molecule has 7 heteroatoms. The third kappa shape index (κ3) is 5.20. The van der Waals surface area contributed by atoms with E-state index in [1.807, 2.05) is 11.9 Å². The Balaban J connectivity index is 2.38. The number of likely N-dealkylation sites (N-methyl/N-ethyl adjacent to an activating group) is 2. The van der Waals surface area contributed by atoms with E-state index < -0.39 is 16.8 Å². The van der Waals surface area contributed by atoms with Crippen molar-refractivity contribution in [2.75, 3.05) is 39.2 Å². The molecule has 0 aliphatic carbocycles. The van der Waals surface area contributed by atoms with Crippen LogP contribution >= 0.6 is 0 Å². The summed E-state index contributed by atoms with van der Waals surface area (Å²) in [5.74, 6) is 1.16. The standard InChI is InChI=1S/C13H25N3O3S/c1-10(13(18)15(2)3)14-12(17)9-16(4)11-5-7-20(19)8-6-11/h10-11H,5-9H2,1-4H3,(H,14,17). The molecule has 1 unspecified atom stereocenters. The van der Waals surface area contributed by atoms with E-state index >= 15 is 0 Å². The predicted molar refractivity (Wildman–Crippen MR) is 79.8 cm³/mol. The minimum atomic E-state index is -0.688. The second-order valence-corrected chi connectivity index (χ2v) is 7.21. The summed E-state index contributed by atoms with van der Waals surface area (Å²) in [4.78, 5) is 27.0. The predicted octanol–water partition coefficient (Wildman–Crippen LogP) is -0.578. The second-order valence-electron chi connectivity index (χ2n) is 5.52. The Morgan fingerprint density at radius 1 is 1.25 bits per heavy atom. The molecule has 0 aromatic heterocycles. The average Bonchev–Trinajstić information content (AvgIpc) is 2.37. The number of hydrogen-bond acceptors (Lipinski definition) is 4. The number of rotatable bonds is 5. The second kappa shape index (κ2) is 7.73. The molecule has 1 aliphatic heterocycles. The summed E-state index contributed by atoms with van der Waals surface area (Å²) < 4.78 is 11.3. The Labute approximate surface area is 123 Å². The van der Waals surface area contributed by atoms with Gasteiger partial charge in [0.05, 0.1) is 6.54 Å². The first-order chi connectivity index (χ1) is 9.31. The van der Waals surface area contributed by atoms with Crippen LogP contribution in [0.25, 0.3) is 0 Å². The highest BCUT2D eigenvalue weighted by Crippen LogP contribution is 2.14. The van der Waals surface area contributed by atoms with Crippen LogP contribution in [0.5, 0.6) is 0 Å². The molecule has 1 heterocycles. The summed E-state index contributed by atoms with van der Waals surface area (Å²) in [5, 5.41) is 2.71. The first-order valence-corrected chi connectivity index (χ1v) is 8.35. The number of nitrogens with one attached hydrogen (secondary N) is 1. The van der Waals surface area contributed by atoms with Crippen LogP contribution in [0.2, 0.25) is 0 Å². The van der Waals surface area contributed by atoms with E-state index in [0.29, 0.717) is 17.5 Å². The largest absolute Gasteiger partial charge is 0.347 e. The van der Waals surface area contributed by atoms with Crippen molar-refractivity contribution < 1.29 is 13.8 Å². The number of hydrogen-bond donors (Lipinski definition) is 1. The number of nitrogens with zero attached hydrogens (tertiary/aromatic N) is 2. The van der Waals surface area contributed by atoms with Crippen LogP contribution in [-0.4, -0.2) is 77.1 Å². The van der Waals surface area contributed by atoms with Gasteiger partial charge in [0.1, 0.15) is 6.04 Å². The van der Waals surface area contributed by atoms with Crippen LogP contribution in [0.15, 0.2) is 0 Å². The third-order valence-electron chi connectivity index (χ3n) is 3.56. The molecule has 0 saturated carbocycles. The Bertz CT molecular complexity index is 377. The molecular formula is C13H25N3O3S. The van der Waals surface area contributed by atoms with Gasteiger partial charge in [-0.3, -0.25) is 18.7 Å². The van der Waals surface area contributed by atoms with Gasteiger partial charge < -0.3 is 10.2 Å². The van der Waals surface area contributed by atoms with Crippen LogP contribution in [-0.2, 0) is 20.4 Å². The van der Waals surface area contributed by atoms with Gasteiger partial charge in [-0.1, -0.05) is 0 Å². The van der Waals surface area contributed by atoms with Gasteiger partial charge in [0, 0.05) is 42.4 Å². The first-order valence-electron chi connectivity index (χ1n) is 6.87. The van der Waals surface area contributed by atoms with E-state index in [4.69, 9.17) is 0 Å². The topological polar surface area (TPSA) is 69.7 Å². The molecule has 1 rings (SSSR count). The number of carbonyl (C=O) groups excluding carboxylic acids is 2. The van der Waals surface area contributed by atoms with Crippen molar-refractivity contribution in [1.29, 1.82) is 0 Å². The van der Waals surface area contributed by atoms with Crippen molar-refractivity contribution in [3.63, 3.8) is 0 Å². The minimum absolute atomic E-state index is 0.117. The molecule has 0 aromatic rings. The van der Waals surface area contributed by atoms with Crippen LogP contribution in [0.4, 0.5) is 0 Å². The van der Waals surface area contributed by atoms with E-state index in [-0.39, 0.29) is 18.4 Å². The van der Waals surface area contributed by atoms with Crippen LogP contribution < -0.4 is 5.32 Å². The highest BCUT2D eigenvalue weighted by atomic mass is 32.2. The van der Waals surface area contributed by atoms with Gasteiger partial charge >= 0.3 is 0 Å². The molecule has 116 valence electrons. The average molecular weight is 303 g/mol. The van der Waals surface area contributed by atoms with Crippen LogP contribution in [0, 0.1) is 0 Å². The molecule has 0 spiro atoms. The van der Waals surface area contributed by atoms with Crippen molar-refractivity contribution in [1.82, 2.24) is 15.1 Å². The molecule has 0 bridgehead atoms. The van der Waals surface area contributed by atoms with Crippen molar-refractivity contribution in [2.45, 2.75) is 31.8 Å². The van der Waals surface area contributed by atoms with E-state index in [2.05, 4.69) is 5.32 Å². The van der Waals surface area contributed by atoms with Gasteiger partial charge in [0.25, 0.3) is 0 Å². The Morgan fingerprint density at radius 2 is 1.80 bits per heavy atom. The Morgan fingerprint density at radius 3 is 2.30 bits per heavy atom. The monoisotopic (exact) mass is 303 g/mol. The molecule has 2 amide bonds. The molecule has 1 N–H and O–H groups in total. The summed E-state index contributed by atoms with van der Waals surface area (Å²) in [6, 6.07) is -0.205. The third-order valence-corrected chi connectivity index (χ3v) is 4.94. The maximum Gasteiger partial charge on any atom is 0.244 e. The van der Waals surface area contributed by atoms with Gasteiger partial charge in [0.15, 0.2) is 0 Å². The van der Waals surface area contributed by atoms with E-state index in [1.54, 1.807) is 21.0 Å². The number of amides is 2. The quantitative estimate of drug-likeness (QED) is 0.738. The fourth-order valence-electron chi connectivity index (χ4n) is 2.31. The Kier molecular flexibility index (Phi) is 6.61. The molecule has 6 nitrogen and oxygen atoms in total. The normalized spacial score (nSPS) is 24.2. The fourth-order valence-corrected chi connectivity index (χ4v) is 3.59. The Hall–Kier alpha value is -0.950. The zero-order valence-corrected chi connectivity index (χ0v) is 13.5. The maximum absolute atomic E-state index is 11.9. The van der Waals surface area contributed by atoms with Crippen molar-refractivity contribution in [3.05, 3.63) is 0 Å². The molecule has 0 radical (unpaired) electrons. The lowest BCUT2D eigenvalue weighted by molar-refractivity contribution is -0.134. The zero-order chi connectivity index (χ0) is 15.3. The van der Waals surface area contributed by atoms with Gasteiger partial charge in [-0.05, 0) is 26.8 Å². The SMILES string of the molecule is CC(NC(=O)CN(C)C1CCS(=O)CC1)C(=O)N(C)C. The lowest BCUT2D eigenvalue weighted by atomic mass is 10.1. The first kappa shape index (κ1) is 17.1. The lowest BCUT2D eigenvalue weighted by Crippen LogP contribution is -2.49. The summed E-state index contributed by atoms with van der Waals surface area (Å²) in [6.07, 6.45) is 1.73. The molecular weight excluding hydrogens is 278 g/mol. The van der Waals surface area contributed by atoms with Gasteiger partial charge in [0.2, 0.25) is 11.8 Å². The summed E-state index contributed by atoms with van der Waals surface area (Å²) in [6.45, 7) is 1.95. The molecule has 0 aromatic carbocycles. The van der Waals surface area contributed by atoms with E-state index in [1.165, 1.54) is 4.90 Å². The number of carbonyl (C=O) groups is 2. The van der Waals surface area contributed by atoms with Crippen molar-refractivity contribution in [3.8, 4) is 0 Å². The molecule has 1 atom stereocenters. The summed E-state index contributed by atoms with van der Waals surface area (Å²) in [7, 11) is 4.54. The fraction of sp³-hybridized carbons (Fsp3) is 0.846. The highest BCUT2D eigenvalue weighted by molar-refractivity contribution is 7.85. The summed E-state index contributed by atoms with van der Waals surface area (Å²) in [5.41, 5.74) is 0. The smallest absolute Gasteiger partial charge is 0.244 e. The van der Waals surface area contributed by atoms with Crippen LogP contribution in [0.3, 0.4) is 0 Å². The molecule has 20 heavy (non-hydrogen) atoms. The lowest BCUT2D eigenvalue weighted by Gasteiger charge is -2.30. The van der Waals surface area contributed by atoms with Gasteiger partial charge in [-0.15, -0.1) is 0 Å². The summed E-state index contributed by atoms with van der Waals surface area (Å²) >= 11 is 0. The highest BCUT2D eigenvalue weighted by Gasteiger charge is 2.24. The van der Waals surface area contributed by atoms with E-state index in [0.717, 1.165) is 12.8 Å². The van der Waals surface area contributed by atoms with Crippen molar-refractivity contribution >= 4 is 22.6 Å². The minimum Gasteiger partial charge on any atom is -0.347 e. The van der Waals surface area contributed by atoms with E-state index in [9.17, 15) is 13.8 Å². The molecule has 1 fully saturated rings. The molecule has 1 aliphatic rings. The zero-order valence-electron chi connectivity index (χ0n) is 12.7. The van der Waals surface area contributed by atoms with Gasteiger partial charge in [-0.2, -0.15) is 0 Å². The maximum atomic E-state index is 11.9. The van der Waals surface area contributed by atoms with Crippen LogP contribution in [0.1, 0.15) is 19.8 Å². The van der Waals surface area contributed by atoms with Gasteiger partial charge in [-0.25, -0.2) is 0 Å². The van der Waals surface area contributed by atoms with Crippen molar-refractivity contribution in [2.24, 2.45) is 0 Å².